The largest absolute Gasteiger partial charge is 0.507 e. The van der Waals surface area contributed by atoms with Crippen LogP contribution in [0.3, 0.4) is 0 Å². The maximum Gasteiger partial charge on any atom is 0.295 e. The number of aliphatic hydroxyl groups is 1. The molecule has 1 saturated heterocycles. The van der Waals surface area contributed by atoms with Crippen molar-refractivity contribution in [2.45, 2.75) is 44.2 Å². The zero-order valence-corrected chi connectivity index (χ0v) is 19.7. The molecule has 2 fully saturated rings. The Bertz CT molecular complexity index is 1060. The first-order valence-corrected chi connectivity index (χ1v) is 11.5. The molecule has 1 saturated carbocycles. The van der Waals surface area contributed by atoms with E-state index in [9.17, 15) is 14.7 Å². The highest BCUT2D eigenvalue weighted by molar-refractivity contribution is 9.10. The highest BCUT2D eigenvalue weighted by atomic mass is 79.9. The standard InChI is InChI=1S/C25H26BrNO5/c1-31-18-11-8-15(9-12-18)22-21(23(28)16-10-13-20(32-2)19(26)14-16)24(29)25(30)27(22)17-6-4-3-5-7-17/h8-14,17,22,28H,3-7H2,1-2H3/b23-21-. The molecule has 2 aromatic rings. The van der Waals surface area contributed by atoms with Gasteiger partial charge in [-0.1, -0.05) is 31.4 Å². The molecule has 0 aromatic heterocycles. The monoisotopic (exact) mass is 499 g/mol. The molecule has 1 N–H and O–H groups in total. The van der Waals surface area contributed by atoms with Gasteiger partial charge in [0.1, 0.15) is 17.3 Å². The zero-order valence-electron chi connectivity index (χ0n) is 18.1. The molecule has 0 spiro atoms. The Kier molecular flexibility index (Phi) is 6.55. The van der Waals surface area contributed by atoms with Gasteiger partial charge in [0.15, 0.2) is 0 Å². The van der Waals surface area contributed by atoms with E-state index in [2.05, 4.69) is 15.9 Å². The molecule has 32 heavy (non-hydrogen) atoms. The summed E-state index contributed by atoms with van der Waals surface area (Å²) >= 11 is 3.43. The summed E-state index contributed by atoms with van der Waals surface area (Å²) < 4.78 is 11.2. The van der Waals surface area contributed by atoms with E-state index in [0.29, 0.717) is 21.5 Å². The topological polar surface area (TPSA) is 76.1 Å². The minimum absolute atomic E-state index is 0.0276. The Labute approximate surface area is 196 Å². The summed E-state index contributed by atoms with van der Waals surface area (Å²) in [6, 6.07) is 11.7. The minimum Gasteiger partial charge on any atom is -0.507 e. The normalized spacial score (nSPS) is 21.1. The molecule has 0 bridgehead atoms. The number of benzene rings is 2. The lowest BCUT2D eigenvalue weighted by atomic mass is 9.91. The highest BCUT2D eigenvalue weighted by Gasteiger charge is 2.48. The summed E-state index contributed by atoms with van der Waals surface area (Å²) in [7, 11) is 3.14. The summed E-state index contributed by atoms with van der Waals surface area (Å²) in [5.74, 6) is -0.100. The van der Waals surface area contributed by atoms with Crippen molar-refractivity contribution >= 4 is 33.4 Å². The zero-order chi connectivity index (χ0) is 22.8. The number of halogens is 1. The number of amides is 1. The van der Waals surface area contributed by atoms with Crippen molar-refractivity contribution in [3.8, 4) is 11.5 Å². The molecular weight excluding hydrogens is 474 g/mol. The molecule has 2 aromatic carbocycles. The molecule has 2 aliphatic rings. The predicted molar refractivity (Wildman–Crippen MR) is 125 cm³/mol. The molecule has 7 heteroatoms. The number of ketones is 1. The number of hydrogen-bond acceptors (Lipinski definition) is 5. The van der Waals surface area contributed by atoms with Crippen LogP contribution in [0.25, 0.3) is 5.76 Å². The van der Waals surface area contributed by atoms with Crippen molar-refractivity contribution < 1.29 is 24.2 Å². The van der Waals surface area contributed by atoms with Crippen molar-refractivity contribution in [2.24, 2.45) is 0 Å². The van der Waals surface area contributed by atoms with E-state index in [1.807, 2.05) is 12.1 Å². The number of Topliss-reactive ketones (excluding diaryl/α,β-unsaturated/α-hetero) is 1. The average molecular weight is 500 g/mol. The quantitative estimate of drug-likeness (QED) is 0.346. The van der Waals surface area contributed by atoms with Gasteiger partial charge in [0.05, 0.1) is 30.3 Å². The molecule has 4 rings (SSSR count). The minimum atomic E-state index is -0.652. The van der Waals surface area contributed by atoms with Gasteiger partial charge in [0.25, 0.3) is 11.7 Å². The Morgan fingerprint density at radius 2 is 1.69 bits per heavy atom. The fourth-order valence-electron chi connectivity index (χ4n) is 4.67. The van der Waals surface area contributed by atoms with Crippen LogP contribution in [-0.2, 0) is 9.59 Å². The Balaban J connectivity index is 1.85. The van der Waals surface area contributed by atoms with Crippen LogP contribution in [0.4, 0.5) is 0 Å². The van der Waals surface area contributed by atoms with Crippen LogP contribution >= 0.6 is 15.9 Å². The number of carbonyl (C=O) groups is 2. The van der Waals surface area contributed by atoms with Crippen LogP contribution in [0.2, 0.25) is 0 Å². The molecule has 0 radical (unpaired) electrons. The van der Waals surface area contributed by atoms with Gasteiger partial charge in [-0.05, 0) is 64.7 Å². The van der Waals surface area contributed by atoms with Crippen molar-refractivity contribution in [2.75, 3.05) is 14.2 Å². The fourth-order valence-corrected chi connectivity index (χ4v) is 5.21. The second-order valence-corrected chi connectivity index (χ2v) is 8.98. The number of hydrogen-bond donors (Lipinski definition) is 1. The van der Waals surface area contributed by atoms with Gasteiger partial charge in [-0.2, -0.15) is 0 Å². The van der Waals surface area contributed by atoms with Crippen molar-refractivity contribution in [1.29, 1.82) is 0 Å². The maximum absolute atomic E-state index is 13.2. The molecule has 6 nitrogen and oxygen atoms in total. The first-order chi connectivity index (χ1) is 15.5. The van der Waals surface area contributed by atoms with Crippen LogP contribution in [0, 0.1) is 0 Å². The van der Waals surface area contributed by atoms with E-state index < -0.39 is 17.7 Å². The maximum atomic E-state index is 13.2. The lowest BCUT2D eigenvalue weighted by Crippen LogP contribution is -2.40. The van der Waals surface area contributed by atoms with E-state index >= 15 is 0 Å². The summed E-state index contributed by atoms with van der Waals surface area (Å²) in [4.78, 5) is 28.1. The van der Waals surface area contributed by atoms with E-state index in [0.717, 1.165) is 37.7 Å². The Hall–Kier alpha value is -2.80. The fraction of sp³-hybridized carbons (Fsp3) is 0.360. The first kappa shape index (κ1) is 22.4. The number of ether oxygens (including phenoxy) is 2. The molecule has 1 aliphatic heterocycles. The second-order valence-electron chi connectivity index (χ2n) is 8.12. The number of likely N-dealkylation sites (tertiary alicyclic amines) is 1. The van der Waals surface area contributed by atoms with Crippen LogP contribution in [0.5, 0.6) is 11.5 Å². The van der Waals surface area contributed by atoms with Gasteiger partial charge >= 0.3 is 0 Å². The van der Waals surface area contributed by atoms with E-state index in [-0.39, 0.29) is 17.4 Å². The lowest BCUT2D eigenvalue weighted by Gasteiger charge is -2.35. The summed E-state index contributed by atoms with van der Waals surface area (Å²) in [6.07, 6.45) is 4.89. The van der Waals surface area contributed by atoms with Gasteiger partial charge in [-0.3, -0.25) is 9.59 Å². The van der Waals surface area contributed by atoms with E-state index in [1.54, 1.807) is 49.5 Å². The van der Waals surface area contributed by atoms with Crippen LogP contribution in [0.15, 0.2) is 52.5 Å². The molecule has 1 aliphatic carbocycles. The number of methoxy groups -OCH3 is 2. The van der Waals surface area contributed by atoms with Crippen molar-refractivity contribution in [3.05, 3.63) is 63.6 Å². The van der Waals surface area contributed by atoms with Gasteiger partial charge in [-0.25, -0.2) is 0 Å². The average Bonchev–Trinajstić information content (AvgIpc) is 3.09. The lowest BCUT2D eigenvalue weighted by molar-refractivity contribution is -0.141. The van der Waals surface area contributed by atoms with E-state index in [4.69, 9.17) is 9.47 Å². The highest BCUT2D eigenvalue weighted by Crippen LogP contribution is 2.43. The third-order valence-corrected chi connectivity index (χ3v) is 6.92. The predicted octanol–water partition coefficient (Wildman–Crippen LogP) is 5.22. The van der Waals surface area contributed by atoms with Crippen LogP contribution in [-0.4, -0.2) is 42.0 Å². The summed E-state index contributed by atoms with van der Waals surface area (Å²) in [6.45, 7) is 0. The SMILES string of the molecule is COc1ccc(C2/C(=C(/O)c3ccc(OC)c(Br)c3)C(=O)C(=O)N2C2CCCCC2)cc1. The van der Waals surface area contributed by atoms with Gasteiger partial charge < -0.3 is 19.5 Å². The molecule has 1 heterocycles. The van der Waals surface area contributed by atoms with Gasteiger partial charge in [0.2, 0.25) is 0 Å². The van der Waals surface area contributed by atoms with Crippen molar-refractivity contribution in [3.63, 3.8) is 0 Å². The second kappa shape index (κ2) is 9.36. The van der Waals surface area contributed by atoms with E-state index in [1.165, 1.54) is 0 Å². The number of aliphatic hydroxyl groups excluding tert-OH is 1. The Morgan fingerprint density at radius 1 is 1.00 bits per heavy atom. The molecule has 1 amide bonds. The molecular formula is C25H26BrNO5. The van der Waals surface area contributed by atoms with Crippen LogP contribution in [0.1, 0.15) is 49.3 Å². The first-order valence-electron chi connectivity index (χ1n) is 10.7. The van der Waals surface area contributed by atoms with Gasteiger partial charge in [0, 0.05) is 11.6 Å². The molecule has 1 atom stereocenters. The summed E-state index contributed by atoms with van der Waals surface area (Å²) in [5, 5.41) is 11.2. The molecule has 1 unspecified atom stereocenters. The Morgan fingerprint density at radius 3 is 2.28 bits per heavy atom. The smallest absolute Gasteiger partial charge is 0.295 e. The number of carbonyl (C=O) groups excluding carboxylic acids is 2. The summed E-state index contributed by atoms with van der Waals surface area (Å²) in [5.41, 5.74) is 1.32. The molecule has 168 valence electrons. The third-order valence-electron chi connectivity index (χ3n) is 6.30. The van der Waals surface area contributed by atoms with Crippen molar-refractivity contribution in [1.82, 2.24) is 4.90 Å². The van der Waals surface area contributed by atoms with Crippen LogP contribution < -0.4 is 9.47 Å². The third kappa shape index (κ3) is 4.01. The number of nitrogens with zero attached hydrogens (tertiary/aromatic N) is 1. The number of rotatable bonds is 5. The van der Waals surface area contributed by atoms with Gasteiger partial charge in [-0.15, -0.1) is 0 Å².